The summed E-state index contributed by atoms with van der Waals surface area (Å²) in [6, 6.07) is 12.1. The van der Waals surface area contributed by atoms with Crippen LogP contribution in [0.25, 0.3) is 0 Å². The number of aromatic amines is 1. The number of nitrogens with zero attached hydrogens (tertiary/aromatic N) is 1. The van der Waals surface area contributed by atoms with Gasteiger partial charge < -0.3 is 5.73 Å². The summed E-state index contributed by atoms with van der Waals surface area (Å²) < 4.78 is 0. The minimum Gasteiger partial charge on any atom is -0.322 e. The van der Waals surface area contributed by atoms with E-state index in [1.807, 2.05) is 24.3 Å². The highest BCUT2D eigenvalue weighted by Gasteiger charge is 2.07. The van der Waals surface area contributed by atoms with Crippen molar-refractivity contribution in [1.82, 2.24) is 10.2 Å². The Kier molecular flexibility index (Phi) is 4.34. The van der Waals surface area contributed by atoms with Crippen molar-refractivity contribution in [3.05, 3.63) is 53.9 Å². The summed E-state index contributed by atoms with van der Waals surface area (Å²) in [4.78, 5) is 0. The Morgan fingerprint density at radius 2 is 1.93 bits per heavy atom. The summed E-state index contributed by atoms with van der Waals surface area (Å²) in [6.07, 6.45) is 2.62. The Hall–Kier alpha value is -1.32. The molecule has 0 bridgehead atoms. The van der Waals surface area contributed by atoms with Gasteiger partial charge in [-0.05, 0) is 18.1 Å². The van der Waals surface area contributed by atoms with Gasteiger partial charge in [0, 0.05) is 6.20 Å². The average molecular weight is 224 g/mol. The maximum Gasteiger partial charge on any atom is 0.0792 e. The number of hydrogen-bond acceptors (Lipinski definition) is 2. The van der Waals surface area contributed by atoms with Crippen LogP contribution in [0.1, 0.15) is 17.3 Å². The molecule has 1 aromatic heterocycles. The van der Waals surface area contributed by atoms with Crippen LogP contribution in [-0.2, 0) is 6.42 Å². The fourth-order valence-electron chi connectivity index (χ4n) is 1.45. The lowest BCUT2D eigenvalue weighted by Crippen LogP contribution is -2.13. The van der Waals surface area contributed by atoms with Crippen molar-refractivity contribution in [1.29, 1.82) is 0 Å². The van der Waals surface area contributed by atoms with E-state index in [-0.39, 0.29) is 18.4 Å². The first-order chi connectivity index (χ1) is 6.86. The normalized spacial score (nSPS) is 11.8. The molecule has 0 fully saturated rings. The van der Waals surface area contributed by atoms with Gasteiger partial charge >= 0.3 is 0 Å². The second kappa shape index (κ2) is 5.53. The first-order valence-electron chi connectivity index (χ1n) is 4.65. The molecule has 0 radical (unpaired) electrons. The van der Waals surface area contributed by atoms with Crippen molar-refractivity contribution in [3.63, 3.8) is 0 Å². The molecule has 3 nitrogen and oxygen atoms in total. The van der Waals surface area contributed by atoms with Crippen LogP contribution < -0.4 is 5.73 Å². The van der Waals surface area contributed by atoms with Gasteiger partial charge in [-0.2, -0.15) is 5.10 Å². The Morgan fingerprint density at radius 1 is 1.20 bits per heavy atom. The van der Waals surface area contributed by atoms with E-state index in [9.17, 15) is 0 Å². The molecule has 0 spiro atoms. The molecule has 80 valence electrons. The molecule has 4 heteroatoms. The van der Waals surface area contributed by atoms with Gasteiger partial charge in [0.2, 0.25) is 0 Å². The SMILES string of the molecule is Cl.N[C@@H](Cc1ccccc1)c1cc[nH]n1. The van der Waals surface area contributed by atoms with E-state index in [4.69, 9.17) is 5.73 Å². The maximum absolute atomic E-state index is 5.99. The molecule has 0 saturated carbocycles. The minimum atomic E-state index is -0.0244. The number of halogens is 1. The standard InChI is InChI=1S/C11H13N3.ClH/c12-10(11-6-7-13-14-11)8-9-4-2-1-3-5-9;/h1-7,10H,8,12H2,(H,13,14);1H/t10-;/m0./s1. The molecule has 0 amide bonds. The van der Waals surface area contributed by atoms with Crippen molar-refractivity contribution in [2.45, 2.75) is 12.5 Å². The van der Waals surface area contributed by atoms with Gasteiger partial charge in [-0.3, -0.25) is 5.10 Å². The predicted octanol–water partition coefficient (Wildman–Crippen LogP) is 2.07. The Bertz CT molecular complexity index is 372. The maximum atomic E-state index is 5.99. The predicted molar refractivity (Wildman–Crippen MR) is 62.9 cm³/mol. The van der Waals surface area contributed by atoms with Crippen molar-refractivity contribution in [2.24, 2.45) is 5.73 Å². The summed E-state index contributed by atoms with van der Waals surface area (Å²) in [5.74, 6) is 0. The molecule has 0 saturated heterocycles. The fraction of sp³-hybridized carbons (Fsp3) is 0.182. The third-order valence-corrected chi connectivity index (χ3v) is 2.20. The highest BCUT2D eigenvalue weighted by molar-refractivity contribution is 5.85. The number of nitrogens with two attached hydrogens (primary N) is 1. The molecule has 1 atom stereocenters. The van der Waals surface area contributed by atoms with Crippen molar-refractivity contribution < 1.29 is 0 Å². The van der Waals surface area contributed by atoms with Gasteiger partial charge in [0.05, 0.1) is 11.7 Å². The van der Waals surface area contributed by atoms with Crippen LogP contribution in [0.4, 0.5) is 0 Å². The van der Waals surface area contributed by atoms with Gasteiger partial charge in [-0.15, -0.1) is 12.4 Å². The number of nitrogens with one attached hydrogen (secondary N) is 1. The Balaban J connectivity index is 0.00000112. The van der Waals surface area contributed by atoms with Gasteiger partial charge in [-0.25, -0.2) is 0 Å². The van der Waals surface area contributed by atoms with Crippen LogP contribution in [0.2, 0.25) is 0 Å². The minimum absolute atomic E-state index is 0. The summed E-state index contributed by atoms with van der Waals surface area (Å²) in [7, 11) is 0. The largest absolute Gasteiger partial charge is 0.322 e. The third kappa shape index (κ3) is 3.08. The first-order valence-corrected chi connectivity index (χ1v) is 4.65. The molecule has 1 heterocycles. The topological polar surface area (TPSA) is 54.7 Å². The third-order valence-electron chi connectivity index (χ3n) is 2.20. The zero-order chi connectivity index (χ0) is 9.80. The second-order valence-electron chi connectivity index (χ2n) is 3.30. The van der Waals surface area contributed by atoms with Crippen LogP contribution >= 0.6 is 12.4 Å². The van der Waals surface area contributed by atoms with Gasteiger partial charge in [0.15, 0.2) is 0 Å². The molecule has 15 heavy (non-hydrogen) atoms. The second-order valence-corrected chi connectivity index (χ2v) is 3.30. The van der Waals surface area contributed by atoms with E-state index >= 15 is 0 Å². The molecular formula is C11H14ClN3. The highest BCUT2D eigenvalue weighted by Crippen LogP contribution is 2.12. The van der Waals surface area contributed by atoms with Gasteiger partial charge in [0.25, 0.3) is 0 Å². The fourth-order valence-corrected chi connectivity index (χ4v) is 1.45. The van der Waals surface area contributed by atoms with Gasteiger partial charge in [-0.1, -0.05) is 30.3 Å². The molecular weight excluding hydrogens is 210 g/mol. The molecule has 2 rings (SSSR count). The molecule has 3 N–H and O–H groups in total. The van der Waals surface area contributed by atoms with Crippen LogP contribution in [0.3, 0.4) is 0 Å². The summed E-state index contributed by atoms with van der Waals surface area (Å²) in [6.45, 7) is 0. The number of H-pyrrole nitrogens is 1. The highest BCUT2D eigenvalue weighted by atomic mass is 35.5. The van der Waals surface area contributed by atoms with Crippen LogP contribution in [0, 0.1) is 0 Å². The number of rotatable bonds is 3. The van der Waals surface area contributed by atoms with Crippen molar-refractivity contribution in [2.75, 3.05) is 0 Å². The summed E-state index contributed by atoms with van der Waals surface area (Å²) >= 11 is 0. The van der Waals surface area contributed by atoms with E-state index in [0.29, 0.717) is 0 Å². The number of benzene rings is 1. The van der Waals surface area contributed by atoms with E-state index in [1.165, 1.54) is 5.56 Å². The molecule has 0 aliphatic carbocycles. The smallest absolute Gasteiger partial charge is 0.0792 e. The average Bonchev–Trinajstić information content (AvgIpc) is 2.72. The Morgan fingerprint density at radius 3 is 2.53 bits per heavy atom. The first kappa shape index (κ1) is 11.8. The zero-order valence-corrected chi connectivity index (χ0v) is 9.08. The number of aromatic nitrogens is 2. The molecule has 0 aliphatic rings. The number of hydrogen-bond donors (Lipinski definition) is 2. The van der Waals surface area contributed by atoms with Crippen LogP contribution in [-0.4, -0.2) is 10.2 Å². The monoisotopic (exact) mass is 223 g/mol. The molecule has 0 unspecified atom stereocenters. The van der Waals surface area contributed by atoms with Crippen molar-refractivity contribution in [3.8, 4) is 0 Å². The summed E-state index contributed by atoms with van der Waals surface area (Å²) in [5, 5.41) is 6.83. The summed E-state index contributed by atoms with van der Waals surface area (Å²) in [5.41, 5.74) is 8.14. The van der Waals surface area contributed by atoms with E-state index in [1.54, 1.807) is 6.20 Å². The lowest BCUT2D eigenvalue weighted by Gasteiger charge is -2.07. The van der Waals surface area contributed by atoms with E-state index in [2.05, 4.69) is 22.3 Å². The van der Waals surface area contributed by atoms with Crippen LogP contribution in [0.15, 0.2) is 42.6 Å². The van der Waals surface area contributed by atoms with E-state index < -0.39 is 0 Å². The zero-order valence-electron chi connectivity index (χ0n) is 8.26. The Labute approximate surface area is 95.1 Å². The van der Waals surface area contributed by atoms with Gasteiger partial charge in [0.1, 0.15) is 0 Å². The van der Waals surface area contributed by atoms with E-state index in [0.717, 1.165) is 12.1 Å². The molecule has 1 aromatic carbocycles. The lowest BCUT2D eigenvalue weighted by atomic mass is 10.0. The van der Waals surface area contributed by atoms with Crippen molar-refractivity contribution >= 4 is 12.4 Å². The quantitative estimate of drug-likeness (QED) is 0.837. The molecule has 0 aliphatic heterocycles. The van der Waals surface area contributed by atoms with Crippen LogP contribution in [0.5, 0.6) is 0 Å². The molecule has 2 aromatic rings. The lowest BCUT2D eigenvalue weighted by molar-refractivity contribution is 0.692.